The van der Waals surface area contributed by atoms with E-state index in [1.165, 1.54) is 22.2 Å². The van der Waals surface area contributed by atoms with Crippen molar-refractivity contribution in [1.29, 1.82) is 5.26 Å². The van der Waals surface area contributed by atoms with Gasteiger partial charge in [-0.15, -0.1) is 23.1 Å². The Labute approximate surface area is 149 Å². The summed E-state index contributed by atoms with van der Waals surface area (Å²) in [6.45, 7) is 2.33. The Bertz CT molecular complexity index is 939. The van der Waals surface area contributed by atoms with Gasteiger partial charge in [0, 0.05) is 16.0 Å². The van der Waals surface area contributed by atoms with Crippen molar-refractivity contribution >= 4 is 33.3 Å². The zero-order chi connectivity index (χ0) is 16.5. The number of nitrogens with zero attached hydrogens (tertiary/aromatic N) is 3. The van der Waals surface area contributed by atoms with Crippen molar-refractivity contribution in [2.45, 2.75) is 37.0 Å². The maximum absolute atomic E-state index is 9.25. The fourth-order valence-electron chi connectivity index (χ4n) is 3.26. The van der Waals surface area contributed by atoms with Crippen LogP contribution in [0.2, 0.25) is 0 Å². The van der Waals surface area contributed by atoms with E-state index in [1.807, 2.05) is 35.6 Å². The number of aromatic nitrogens is 2. The largest absolute Gasteiger partial charge is 0.229 e. The van der Waals surface area contributed by atoms with Crippen LogP contribution in [0.4, 0.5) is 0 Å². The smallest absolute Gasteiger partial charge is 0.128 e. The molecule has 0 saturated carbocycles. The van der Waals surface area contributed by atoms with E-state index in [1.54, 1.807) is 18.1 Å². The summed E-state index contributed by atoms with van der Waals surface area (Å²) in [4.78, 5) is 11.7. The van der Waals surface area contributed by atoms with Gasteiger partial charge in [0.15, 0.2) is 0 Å². The molecule has 0 fully saturated rings. The predicted octanol–water partition coefficient (Wildman–Crippen LogP) is 4.98. The van der Waals surface area contributed by atoms with E-state index in [-0.39, 0.29) is 0 Å². The van der Waals surface area contributed by atoms with Gasteiger partial charge in [0.1, 0.15) is 16.2 Å². The van der Waals surface area contributed by atoms with Gasteiger partial charge in [-0.1, -0.05) is 25.1 Å². The molecule has 0 amide bonds. The molecule has 5 heteroatoms. The average molecular weight is 352 g/mol. The first-order chi connectivity index (χ1) is 11.8. The lowest BCUT2D eigenvalue weighted by atomic mass is 9.89. The summed E-state index contributed by atoms with van der Waals surface area (Å²) in [6, 6.07) is 10.1. The Hall–Kier alpha value is -1.90. The molecule has 1 aliphatic rings. The molecule has 2 heterocycles. The van der Waals surface area contributed by atoms with Crippen LogP contribution in [0, 0.1) is 17.2 Å². The fourth-order valence-corrected chi connectivity index (χ4v) is 5.70. The minimum absolute atomic E-state index is 0.747. The predicted molar refractivity (Wildman–Crippen MR) is 99.3 cm³/mol. The summed E-state index contributed by atoms with van der Waals surface area (Å²) in [5, 5.41) is 11.6. The SMILES string of the molecule is C[C@@H]1CCc2c(sc3ncnc(SCc4ccccc4C#N)c23)C1. The monoisotopic (exact) mass is 351 g/mol. The lowest BCUT2D eigenvalue weighted by molar-refractivity contribution is 0.509. The summed E-state index contributed by atoms with van der Waals surface area (Å²) in [7, 11) is 0. The van der Waals surface area contributed by atoms with Crippen LogP contribution in [0.15, 0.2) is 35.6 Å². The topological polar surface area (TPSA) is 49.6 Å². The van der Waals surface area contributed by atoms with Gasteiger partial charge >= 0.3 is 0 Å². The number of benzene rings is 1. The zero-order valence-corrected chi connectivity index (χ0v) is 15.1. The molecule has 0 spiro atoms. The molecule has 24 heavy (non-hydrogen) atoms. The highest BCUT2D eigenvalue weighted by atomic mass is 32.2. The maximum atomic E-state index is 9.25. The summed E-state index contributed by atoms with van der Waals surface area (Å²) in [5.74, 6) is 1.52. The van der Waals surface area contributed by atoms with E-state index in [0.717, 1.165) is 45.5 Å². The average Bonchev–Trinajstić information content (AvgIpc) is 2.98. The molecule has 2 aromatic heterocycles. The Balaban J connectivity index is 1.69. The maximum Gasteiger partial charge on any atom is 0.128 e. The number of hydrogen-bond acceptors (Lipinski definition) is 5. The summed E-state index contributed by atoms with van der Waals surface area (Å²) >= 11 is 3.55. The summed E-state index contributed by atoms with van der Waals surface area (Å²) < 4.78 is 0. The van der Waals surface area contributed by atoms with Crippen molar-refractivity contribution in [3.05, 3.63) is 52.2 Å². The molecule has 0 aliphatic heterocycles. The van der Waals surface area contributed by atoms with Gasteiger partial charge in [0.25, 0.3) is 0 Å². The highest BCUT2D eigenvalue weighted by molar-refractivity contribution is 7.98. The van der Waals surface area contributed by atoms with E-state index < -0.39 is 0 Å². The minimum atomic E-state index is 0.747. The van der Waals surface area contributed by atoms with Crippen LogP contribution < -0.4 is 0 Å². The zero-order valence-electron chi connectivity index (χ0n) is 13.5. The molecule has 1 aliphatic carbocycles. The van der Waals surface area contributed by atoms with Gasteiger partial charge in [-0.05, 0) is 42.4 Å². The Morgan fingerprint density at radius 1 is 1.33 bits per heavy atom. The molecule has 0 saturated heterocycles. The van der Waals surface area contributed by atoms with Gasteiger partial charge in [0.2, 0.25) is 0 Å². The number of thioether (sulfide) groups is 1. The molecule has 1 aromatic carbocycles. The number of rotatable bonds is 3. The number of fused-ring (bicyclic) bond motifs is 3. The number of thiophene rings is 1. The molecule has 0 radical (unpaired) electrons. The Kier molecular flexibility index (Phi) is 4.26. The summed E-state index contributed by atoms with van der Waals surface area (Å²) in [5.41, 5.74) is 3.27. The van der Waals surface area contributed by atoms with Gasteiger partial charge in [-0.2, -0.15) is 5.26 Å². The van der Waals surface area contributed by atoms with E-state index in [0.29, 0.717) is 0 Å². The molecule has 3 aromatic rings. The third kappa shape index (κ3) is 2.81. The molecule has 1 atom stereocenters. The van der Waals surface area contributed by atoms with Crippen molar-refractivity contribution in [1.82, 2.24) is 9.97 Å². The Morgan fingerprint density at radius 3 is 3.08 bits per heavy atom. The molecular weight excluding hydrogens is 334 g/mol. The lowest BCUT2D eigenvalue weighted by Crippen LogP contribution is -2.08. The molecule has 4 rings (SSSR count). The van der Waals surface area contributed by atoms with Crippen molar-refractivity contribution in [3.63, 3.8) is 0 Å². The molecular formula is C19H17N3S2. The van der Waals surface area contributed by atoms with Gasteiger partial charge in [-0.25, -0.2) is 9.97 Å². The van der Waals surface area contributed by atoms with Crippen molar-refractivity contribution < 1.29 is 0 Å². The van der Waals surface area contributed by atoms with Gasteiger partial charge in [-0.3, -0.25) is 0 Å². The number of hydrogen-bond donors (Lipinski definition) is 0. The van der Waals surface area contributed by atoms with Crippen LogP contribution in [-0.2, 0) is 18.6 Å². The third-order valence-corrected chi connectivity index (χ3v) is 6.76. The van der Waals surface area contributed by atoms with E-state index >= 15 is 0 Å². The minimum Gasteiger partial charge on any atom is -0.229 e. The van der Waals surface area contributed by atoms with E-state index in [4.69, 9.17) is 0 Å². The first-order valence-electron chi connectivity index (χ1n) is 8.12. The molecule has 0 bridgehead atoms. The second-order valence-electron chi connectivity index (χ2n) is 6.27. The fraction of sp³-hybridized carbons (Fsp3) is 0.316. The van der Waals surface area contributed by atoms with Crippen molar-refractivity contribution in [2.24, 2.45) is 5.92 Å². The van der Waals surface area contributed by atoms with E-state index in [9.17, 15) is 5.26 Å². The molecule has 0 N–H and O–H groups in total. The first kappa shape index (κ1) is 15.6. The molecule has 120 valence electrons. The standard InChI is InChI=1S/C19H17N3S2/c1-12-6-7-15-16(8-12)24-19-17(15)18(21-11-22-19)23-10-14-5-3-2-4-13(14)9-20/h2-5,11-12H,6-8,10H2,1H3/t12-/m1/s1. The first-order valence-corrected chi connectivity index (χ1v) is 9.92. The summed E-state index contributed by atoms with van der Waals surface area (Å²) in [6.07, 6.45) is 5.21. The van der Waals surface area contributed by atoms with E-state index in [2.05, 4.69) is 23.0 Å². The number of nitriles is 1. The Morgan fingerprint density at radius 2 is 2.21 bits per heavy atom. The van der Waals surface area contributed by atoms with Crippen LogP contribution in [0.25, 0.3) is 10.2 Å². The number of aryl methyl sites for hydroxylation is 1. The molecule has 3 nitrogen and oxygen atoms in total. The quantitative estimate of drug-likeness (QED) is 0.493. The van der Waals surface area contributed by atoms with Crippen LogP contribution in [0.3, 0.4) is 0 Å². The van der Waals surface area contributed by atoms with Crippen LogP contribution in [0.1, 0.15) is 34.9 Å². The van der Waals surface area contributed by atoms with Crippen molar-refractivity contribution in [3.8, 4) is 6.07 Å². The van der Waals surface area contributed by atoms with Gasteiger partial charge in [0.05, 0.1) is 11.6 Å². The van der Waals surface area contributed by atoms with Crippen LogP contribution in [-0.4, -0.2) is 9.97 Å². The second kappa shape index (κ2) is 6.54. The highest BCUT2D eigenvalue weighted by Gasteiger charge is 2.23. The van der Waals surface area contributed by atoms with Crippen LogP contribution >= 0.6 is 23.1 Å². The van der Waals surface area contributed by atoms with Crippen molar-refractivity contribution in [2.75, 3.05) is 0 Å². The highest BCUT2D eigenvalue weighted by Crippen LogP contribution is 2.41. The second-order valence-corrected chi connectivity index (χ2v) is 8.32. The molecule has 0 unspecified atom stereocenters. The lowest BCUT2D eigenvalue weighted by Gasteiger charge is -2.18. The van der Waals surface area contributed by atoms with Gasteiger partial charge < -0.3 is 0 Å². The third-order valence-electron chi connectivity index (χ3n) is 4.56. The normalized spacial score (nSPS) is 16.8. The van der Waals surface area contributed by atoms with Crippen LogP contribution in [0.5, 0.6) is 0 Å².